The van der Waals surface area contributed by atoms with E-state index in [1.165, 1.54) is 38.4 Å². The van der Waals surface area contributed by atoms with Crippen LogP contribution in [0, 0.1) is 5.92 Å². The van der Waals surface area contributed by atoms with Crippen LogP contribution >= 0.6 is 11.6 Å². The van der Waals surface area contributed by atoms with Crippen LogP contribution in [-0.2, 0) is 10.2 Å². The predicted molar refractivity (Wildman–Crippen MR) is 157 cm³/mol. The van der Waals surface area contributed by atoms with Crippen LogP contribution in [0.2, 0.25) is 5.02 Å². The molecule has 10 nitrogen and oxygen atoms in total. The lowest BCUT2D eigenvalue weighted by Gasteiger charge is -2.22. The number of primary amides is 1. The Kier molecular flexibility index (Phi) is 7.84. The molecule has 1 aliphatic heterocycles. The second-order valence-electron chi connectivity index (χ2n) is 11.5. The minimum atomic E-state index is -2.93. The van der Waals surface area contributed by atoms with Gasteiger partial charge in [0.1, 0.15) is 34.9 Å². The molecule has 1 saturated carbocycles. The van der Waals surface area contributed by atoms with Gasteiger partial charge in [-0.15, -0.1) is 0 Å². The first-order chi connectivity index (χ1) is 21.4. The quantitative estimate of drug-likeness (QED) is 0.215. The molecular weight excluding hydrogens is 615 g/mol. The molecule has 1 aromatic carbocycles. The Hall–Kier alpha value is -4.39. The fourth-order valence-electron chi connectivity index (χ4n) is 5.56. The molecule has 1 unspecified atom stereocenters. The van der Waals surface area contributed by atoms with Crippen LogP contribution in [0.15, 0.2) is 34.9 Å². The molecule has 3 atom stereocenters. The van der Waals surface area contributed by atoms with Gasteiger partial charge in [-0.25, -0.2) is 23.1 Å². The number of alkyl halides is 3. The second kappa shape index (κ2) is 11.5. The zero-order valence-corrected chi connectivity index (χ0v) is 25.3. The van der Waals surface area contributed by atoms with Crippen molar-refractivity contribution in [1.29, 1.82) is 0 Å². The molecule has 14 heteroatoms. The van der Waals surface area contributed by atoms with Crippen molar-refractivity contribution in [3.05, 3.63) is 63.9 Å². The van der Waals surface area contributed by atoms with E-state index in [9.17, 15) is 22.8 Å². The third-order valence-corrected chi connectivity index (χ3v) is 8.76. The third kappa shape index (κ3) is 5.43. The van der Waals surface area contributed by atoms with Crippen LogP contribution in [0.1, 0.15) is 78.4 Å². The van der Waals surface area contributed by atoms with Gasteiger partial charge >= 0.3 is 0 Å². The zero-order valence-electron chi connectivity index (χ0n) is 24.5. The second-order valence-corrected chi connectivity index (χ2v) is 11.8. The van der Waals surface area contributed by atoms with E-state index >= 15 is 0 Å². The predicted octanol–water partition coefficient (Wildman–Crippen LogP) is 5.97. The summed E-state index contributed by atoms with van der Waals surface area (Å²) in [5, 5.41) is 2.66. The number of pyridine rings is 2. The Morgan fingerprint density at radius 2 is 1.98 bits per heavy atom. The number of hydrogen-bond acceptors (Lipinski definition) is 8. The van der Waals surface area contributed by atoms with E-state index in [0.717, 1.165) is 12.8 Å². The van der Waals surface area contributed by atoms with E-state index in [2.05, 4.69) is 15.3 Å². The van der Waals surface area contributed by atoms with E-state index < -0.39 is 35.5 Å². The molecule has 6 rings (SSSR count). The van der Waals surface area contributed by atoms with Crippen molar-refractivity contribution in [2.45, 2.75) is 50.6 Å². The Balaban J connectivity index is 1.38. The summed E-state index contributed by atoms with van der Waals surface area (Å²) in [5.74, 6) is -0.901. The molecule has 3 aromatic heterocycles. The van der Waals surface area contributed by atoms with Crippen LogP contribution in [0.25, 0.3) is 22.4 Å². The van der Waals surface area contributed by atoms with Gasteiger partial charge in [-0.05, 0) is 56.9 Å². The van der Waals surface area contributed by atoms with Crippen molar-refractivity contribution in [3.8, 4) is 22.8 Å². The molecule has 4 aromatic rings. The Labute approximate surface area is 260 Å². The van der Waals surface area contributed by atoms with Gasteiger partial charge in [0.25, 0.3) is 12.3 Å². The van der Waals surface area contributed by atoms with Gasteiger partial charge in [0, 0.05) is 41.0 Å². The summed E-state index contributed by atoms with van der Waals surface area (Å²) in [4.78, 5) is 38.7. The summed E-state index contributed by atoms with van der Waals surface area (Å²) in [6, 6.07) is 6.15. The van der Waals surface area contributed by atoms with Crippen molar-refractivity contribution in [1.82, 2.24) is 20.3 Å². The van der Waals surface area contributed by atoms with Crippen molar-refractivity contribution >= 4 is 34.5 Å². The molecule has 0 saturated heterocycles. The van der Waals surface area contributed by atoms with Crippen LogP contribution in [0.4, 0.5) is 13.2 Å². The number of methoxy groups -OCH3 is 1. The van der Waals surface area contributed by atoms with Crippen LogP contribution in [-0.4, -0.2) is 47.0 Å². The summed E-state index contributed by atoms with van der Waals surface area (Å²) in [6.07, 6.45) is -1.44. The number of halogens is 4. The summed E-state index contributed by atoms with van der Waals surface area (Å²) in [7, 11) is 1.41. The minimum absolute atomic E-state index is 0.0696. The molecule has 4 heterocycles. The Morgan fingerprint density at radius 1 is 1.22 bits per heavy atom. The lowest BCUT2D eigenvalue weighted by Crippen LogP contribution is -2.40. The van der Waals surface area contributed by atoms with Gasteiger partial charge in [-0.1, -0.05) is 11.6 Å². The molecule has 1 aliphatic carbocycles. The number of amides is 2. The normalized spacial score (nSPS) is 18.8. The summed E-state index contributed by atoms with van der Waals surface area (Å²) < 4.78 is 58.0. The third-order valence-electron chi connectivity index (χ3n) is 8.37. The molecule has 3 N–H and O–H groups in total. The number of carbonyl (C=O) groups excluding carboxylic acids is 2. The number of ether oxygens (including phenoxy) is 2. The van der Waals surface area contributed by atoms with Crippen LogP contribution in [0.3, 0.4) is 0 Å². The van der Waals surface area contributed by atoms with Gasteiger partial charge in [0.05, 0.1) is 12.1 Å². The maximum Gasteiger partial charge on any atom is 0.281 e. The van der Waals surface area contributed by atoms with Crippen molar-refractivity contribution in [3.63, 3.8) is 0 Å². The number of benzene rings is 1. The summed E-state index contributed by atoms with van der Waals surface area (Å²) >= 11 is 6.41. The molecule has 45 heavy (non-hydrogen) atoms. The number of nitrogens with zero attached hydrogens (tertiary/aromatic N) is 3. The van der Waals surface area contributed by atoms with Gasteiger partial charge < -0.3 is 24.9 Å². The number of carbonyl (C=O) groups is 2. The number of nitrogens with one attached hydrogen (secondary N) is 1. The molecule has 0 bridgehead atoms. The zero-order chi connectivity index (χ0) is 32.2. The number of rotatable bonds is 10. The van der Waals surface area contributed by atoms with Gasteiger partial charge in [-0.3, -0.25) is 14.6 Å². The van der Waals surface area contributed by atoms with Gasteiger partial charge in [0.15, 0.2) is 17.3 Å². The van der Waals surface area contributed by atoms with Crippen LogP contribution < -0.4 is 20.5 Å². The first-order valence-electron chi connectivity index (χ1n) is 14.2. The Bertz CT molecular complexity index is 1830. The van der Waals surface area contributed by atoms with E-state index in [0.29, 0.717) is 16.8 Å². The highest BCUT2D eigenvalue weighted by molar-refractivity contribution is 6.34. The molecular formula is C31H29ClF3N5O5. The fraction of sp³-hybridized carbons (Fsp3) is 0.387. The number of nitrogens with two attached hydrogens (primary N) is 1. The highest BCUT2D eigenvalue weighted by Crippen LogP contribution is 2.49. The fourth-order valence-corrected chi connectivity index (χ4v) is 5.85. The summed E-state index contributed by atoms with van der Waals surface area (Å²) in [5.41, 5.74) is 5.99. The van der Waals surface area contributed by atoms with Gasteiger partial charge in [0.2, 0.25) is 11.8 Å². The maximum absolute atomic E-state index is 13.8. The van der Waals surface area contributed by atoms with E-state index in [-0.39, 0.29) is 69.8 Å². The molecule has 2 aliphatic rings. The minimum Gasteiger partial charge on any atom is -0.494 e. The maximum atomic E-state index is 13.8. The largest absolute Gasteiger partial charge is 0.494 e. The van der Waals surface area contributed by atoms with E-state index in [1.54, 1.807) is 13.0 Å². The smallest absolute Gasteiger partial charge is 0.281 e. The highest BCUT2D eigenvalue weighted by Gasteiger charge is 2.45. The van der Waals surface area contributed by atoms with E-state index in [1.807, 2.05) is 0 Å². The molecule has 0 radical (unpaired) electrons. The first-order valence-corrected chi connectivity index (χ1v) is 14.6. The topological polar surface area (TPSA) is 142 Å². The average molecular weight is 644 g/mol. The number of aromatic nitrogens is 3. The van der Waals surface area contributed by atoms with Crippen molar-refractivity contribution in [2.75, 3.05) is 20.3 Å². The highest BCUT2D eigenvalue weighted by atomic mass is 35.5. The number of fused-ring (bicyclic) bond motifs is 2. The number of oxazole rings is 1. The van der Waals surface area contributed by atoms with E-state index in [4.69, 9.17) is 36.2 Å². The molecule has 2 amide bonds. The Morgan fingerprint density at radius 3 is 2.62 bits per heavy atom. The van der Waals surface area contributed by atoms with Crippen molar-refractivity contribution < 1.29 is 36.7 Å². The summed E-state index contributed by atoms with van der Waals surface area (Å²) in [6.45, 7) is 3.02. The van der Waals surface area contributed by atoms with Gasteiger partial charge in [-0.2, -0.15) is 0 Å². The standard InChI is InChI=1S/C31H29ClF3N5O5/c1-13(33)29-40-24-20(43-3)8-15(9-21(24)45-29)28(41)38-11-17(14-4-5-14)19-10-18-26(44-12-31(18,2)30(36)42)23(39-19)16-6-7-37-25(22(16)32)27(34)35/h6-10,13-14,17,27H,4-5,11-12H2,1-3H3,(H2,36,42)(H,38,41)/t13?,17-,31-/m0/s1. The average Bonchev–Trinajstić information content (AvgIpc) is 3.65. The SMILES string of the molecule is COc1cc(C(=O)NC[C@H](c2cc3c(c(-c4ccnc(C(F)F)c4Cl)n2)OC[C@]3(C)C(N)=O)C2CC2)cc2oc(C(C)F)nc12. The monoisotopic (exact) mass is 643 g/mol. The molecule has 0 spiro atoms. The number of hydrogen-bond donors (Lipinski definition) is 2. The lowest BCUT2D eigenvalue weighted by molar-refractivity contribution is -0.123. The lowest BCUT2D eigenvalue weighted by atomic mass is 9.82. The molecule has 236 valence electrons. The molecule has 1 fully saturated rings. The van der Waals surface area contributed by atoms with Crippen molar-refractivity contribution in [2.24, 2.45) is 11.7 Å². The van der Waals surface area contributed by atoms with Crippen LogP contribution in [0.5, 0.6) is 11.5 Å². The first kappa shape index (κ1) is 30.6.